The van der Waals surface area contributed by atoms with Crippen LogP contribution < -0.4 is 10.6 Å². The minimum absolute atomic E-state index is 0.0896. The first-order valence-electron chi connectivity index (χ1n) is 7.97. The van der Waals surface area contributed by atoms with Crippen molar-refractivity contribution in [2.45, 2.75) is 19.3 Å². The average molecular weight is 330 g/mol. The minimum Gasteiger partial charge on any atom is -0.508 e. The molecule has 2 aromatic carbocycles. The summed E-state index contributed by atoms with van der Waals surface area (Å²) in [6, 6.07) is 13.2. The summed E-state index contributed by atoms with van der Waals surface area (Å²) in [5.41, 5.74) is 1.60. The van der Waals surface area contributed by atoms with Gasteiger partial charge in [0.1, 0.15) is 11.5 Å². The molecule has 4 N–H and O–H groups in total. The predicted octanol–water partition coefficient (Wildman–Crippen LogP) is 2.59. The van der Waals surface area contributed by atoms with Gasteiger partial charge in [-0.25, -0.2) is 0 Å². The molecule has 0 atom stereocenters. The van der Waals surface area contributed by atoms with E-state index in [-0.39, 0.29) is 17.4 Å². The van der Waals surface area contributed by atoms with E-state index in [2.05, 4.69) is 10.6 Å². The largest absolute Gasteiger partial charge is 0.508 e. The molecule has 0 fully saturated rings. The zero-order valence-corrected chi connectivity index (χ0v) is 14.4. The summed E-state index contributed by atoms with van der Waals surface area (Å²) in [7, 11) is 3.75. The highest BCUT2D eigenvalue weighted by Crippen LogP contribution is 2.27. The first kappa shape index (κ1) is 19.5. The molecule has 5 nitrogen and oxygen atoms in total. The van der Waals surface area contributed by atoms with E-state index < -0.39 is 5.92 Å². The normalized spacial score (nSPS) is 10.0. The van der Waals surface area contributed by atoms with Crippen LogP contribution in [0.4, 0.5) is 0 Å². The van der Waals surface area contributed by atoms with Gasteiger partial charge in [-0.3, -0.25) is 4.79 Å². The first-order chi connectivity index (χ1) is 11.5. The van der Waals surface area contributed by atoms with Gasteiger partial charge in [-0.15, -0.1) is 0 Å². The maximum Gasteiger partial charge on any atom is 0.232 e. The number of rotatable bonds is 5. The number of hydrogen-bond donors (Lipinski definition) is 4. The van der Waals surface area contributed by atoms with Crippen LogP contribution in [-0.2, 0) is 4.79 Å². The topological polar surface area (TPSA) is 81.6 Å². The molecule has 5 heteroatoms. The Hall–Kier alpha value is -2.53. The van der Waals surface area contributed by atoms with Crippen molar-refractivity contribution in [3.8, 4) is 11.5 Å². The third-order valence-corrected chi connectivity index (χ3v) is 3.26. The van der Waals surface area contributed by atoms with Crippen molar-refractivity contribution in [2.24, 2.45) is 0 Å². The number of carbonyl (C=O) groups excluding carboxylic acids is 1. The molecule has 0 aromatic heterocycles. The molecule has 0 aliphatic carbocycles. The molecular formula is C19H26N2O3. The monoisotopic (exact) mass is 330 g/mol. The van der Waals surface area contributed by atoms with E-state index in [4.69, 9.17) is 0 Å². The Morgan fingerprint density at radius 2 is 1.29 bits per heavy atom. The number of phenolic OH excluding ortho intramolecular Hbond substituents is 2. The van der Waals surface area contributed by atoms with Crippen molar-refractivity contribution < 1.29 is 15.0 Å². The van der Waals surface area contributed by atoms with Gasteiger partial charge >= 0.3 is 0 Å². The number of aromatic hydroxyl groups is 2. The van der Waals surface area contributed by atoms with Crippen LogP contribution in [-0.4, -0.2) is 36.8 Å². The molecule has 0 bridgehead atoms. The molecule has 2 aromatic rings. The summed E-state index contributed by atoms with van der Waals surface area (Å²) in [6.45, 7) is 2.61. The van der Waals surface area contributed by atoms with E-state index >= 15 is 0 Å². The summed E-state index contributed by atoms with van der Waals surface area (Å²) in [4.78, 5) is 12.4. The molecule has 24 heavy (non-hydrogen) atoms. The Balaban J connectivity index is 0.000000891. The van der Waals surface area contributed by atoms with Crippen molar-refractivity contribution >= 4 is 5.91 Å². The SMILES string of the molecule is CCCNC(=O)C(c1ccc(O)cc1)c1ccc(O)cc1.CNC. The molecule has 0 spiro atoms. The molecule has 0 aliphatic heterocycles. The summed E-state index contributed by atoms with van der Waals surface area (Å²) in [5.74, 6) is -0.222. The van der Waals surface area contributed by atoms with E-state index in [1.807, 2.05) is 21.0 Å². The van der Waals surface area contributed by atoms with E-state index in [9.17, 15) is 15.0 Å². The Bertz CT molecular complexity index is 564. The Labute approximate surface area is 143 Å². The molecule has 0 aliphatic rings. The van der Waals surface area contributed by atoms with Crippen molar-refractivity contribution in [1.82, 2.24) is 10.6 Å². The summed E-state index contributed by atoms with van der Waals surface area (Å²) in [6.07, 6.45) is 0.865. The molecular weight excluding hydrogens is 304 g/mol. The Morgan fingerprint density at radius 3 is 1.62 bits per heavy atom. The zero-order valence-electron chi connectivity index (χ0n) is 14.4. The quantitative estimate of drug-likeness (QED) is 0.679. The molecule has 130 valence electrons. The third-order valence-electron chi connectivity index (χ3n) is 3.26. The van der Waals surface area contributed by atoms with Crippen LogP contribution >= 0.6 is 0 Å². The highest BCUT2D eigenvalue weighted by Gasteiger charge is 2.22. The second-order valence-corrected chi connectivity index (χ2v) is 5.41. The predicted molar refractivity (Wildman–Crippen MR) is 96.3 cm³/mol. The highest BCUT2D eigenvalue weighted by molar-refractivity contribution is 5.87. The van der Waals surface area contributed by atoms with Crippen LogP contribution in [0.5, 0.6) is 11.5 Å². The second-order valence-electron chi connectivity index (χ2n) is 5.41. The van der Waals surface area contributed by atoms with Crippen LogP contribution in [0.3, 0.4) is 0 Å². The van der Waals surface area contributed by atoms with Crippen LogP contribution in [0.2, 0.25) is 0 Å². The number of carbonyl (C=O) groups is 1. The standard InChI is InChI=1S/C17H19NO3.C2H7N/c1-2-11-18-17(21)16(12-3-7-14(19)8-4-12)13-5-9-15(20)10-6-13;1-3-2/h3-10,16,19-20H,2,11H2,1H3,(H,18,21);3H,1-2H3. The van der Waals surface area contributed by atoms with E-state index in [0.29, 0.717) is 6.54 Å². The lowest BCUT2D eigenvalue weighted by molar-refractivity contribution is -0.121. The van der Waals surface area contributed by atoms with Gasteiger partial charge in [0.05, 0.1) is 5.92 Å². The fourth-order valence-electron chi connectivity index (χ4n) is 2.18. The van der Waals surface area contributed by atoms with Crippen molar-refractivity contribution in [3.05, 3.63) is 59.7 Å². The van der Waals surface area contributed by atoms with Crippen LogP contribution in [0.1, 0.15) is 30.4 Å². The fourth-order valence-corrected chi connectivity index (χ4v) is 2.18. The van der Waals surface area contributed by atoms with Gasteiger partial charge in [-0.05, 0) is 55.9 Å². The van der Waals surface area contributed by atoms with Crippen molar-refractivity contribution in [2.75, 3.05) is 20.6 Å². The molecule has 2 rings (SSSR count). The molecule has 0 unspecified atom stereocenters. The smallest absolute Gasteiger partial charge is 0.232 e. The fraction of sp³-hybridized carbons (Fsp3) is 0.316. The van der Waals surface area contributed by atoms with Gasteiger partial charge in [-0.1, -0.05) is 31.2 Å². The number of nitrogens with one attached hydrogen (secondary N) is 2. The van der Waals surface area contributed by atoms with Gasteiger partial charge in [0.25, 0.3) is 0 Å². The van der Waals surface area contributed by atoms with Crippen molar-refractivity contribution in [3.63, 3.8) is 0 Å². The number of phenols is 2. The lowest BCUT2D eigenvalue weighted by Crippen LogP contribution is -2.30. The Kier molecular flexibility index (Phi) is 8.36. The molecule has 0 heterocycles. The van der Waals surface area contributed by atoms with Gasteiger partial charge < -0.3 is 20.8 Å². The van der Waals surface area contributed by atoms with Crippen LogP contribution in [0.15, 0.2) is 48.5 Å². The van der Waals surface area contributed by atoms with E-state index in [0.717, 1.165) is 17.5 Å². The third kappa shape index (κ3) is 5.93. The van der Waals surface area contributed by atoms with Crippen molar-refractivity contribution in [1.29, 1.82) is 0 Å². The second kappa shape index (κ2) is 10.3. The minimum atomic E-state index is -0.460. The number of hydrogen-bond acceptors (Lipinski definition) is 4. The Morgan fingerprint density at radius 1 is 0.917 bits per heavy atom. The maximum absolute atomic E-state index is 12.4. The van der Waals surface area contributed by atoms with E-state index in [1.54, 1.807) is 48.5 Å². The molecule has 1 amide bonds. The van der Waals surface area contributed by atoms with Crippen LogP contribution in [0.25, 0.3) is 0 Å². The lowest BCUT2D eigenvalue weighted by atomic mass is 9.90. The molecule has 0 saturated carbocycles. The summed E-state index contributed by atoms with van der Waals surface area (Å²) < 4.78 is 0. The summed E-state index contributed by atoms with van der Waals surface area (Å²) in [5, 5.41) is 24.4. The summed E-state index contributed by atoms with van der Waals surface area (Å²) >= 11 is 0. The highest BCUT2D eigenvalue weighted by atomic mass is 16.3. The molecule has 0 radical (unpaired) electrons. The maximum atomic E-state index is 12.4. The zero-order chi connectivity index (χ0) is 17.9. The number of benzene rings is 2. The van der Waals surface area contributed by atoms with Gasteiger partial charge in [0.2, 0.25) is 5.91 Å². The average Bonchev–Trinajstić information content (AvgIpc) is 2.57. The van der Waals surface area contributed by atoms with E-state index in [1.165, 1.54) is 0 Å². The first-order valence-corrected chi connectivity index (χ1v) is 7.97. The lowest BCUT2D eigenvalue weighted by Gasteiger charge is -2.18. The molecule has 0 saturated heterocycles. The van der Waals surface area contributed by atoms with Gasteiger partial charge in [-0.2, -0.15) is 0 Å². The van der Waals surface area contributed by atoms with Gasteiger partial charge in [0.15, 0.2) is 0 Å². The van der Waals surface area contributed by atoms with Gasteiger partial charge in [0, 0.05) is 6.54 Å². The van der Waals surface area contributed by atoms with Crippen LogP contribution in [0, 0.1) is 0 Å². The number of amides is 1.